The molecule has 21 heavy (non-hydrogen) atoms. The van der Waals surface area contributed by atoms with E-state index in [4.69, 9.17) is 15.4 Å². The van der Waals surface area contributed by atoms with Crippen molar-refractivity contribution in [3.05, 3.63) is 36.4 Å². The molecular weight excluding hydrogens is 310 g/mol. The maximum atomic E-state index is 11.3. The first-order valence-electron chi connectivity index (χ1n) is 7.04. The number of nitrogens with zero attached hydrogens (tertiary/aromatic N) is 1. The third kappa shape index (κ3) is 2.02. The lowest BCUT2D eigenvalue weighted by Crippen LogP contribution is -2.33. The fraction of sp³-hybridized carbons (Fsp3) is 0.467. The predicted octanol–water partition coefficient (Wildman–Crippen LogP) is 2.39. The highest BCUT2D eigenvalue weighted by Crippen LogP contribution is 2.50. The van der Waals surface area contributed by atoms with E-state index in [1.165, 1.54) is 0 Å². The third-order valence-corrected chi connectivity index (χ3v) is 6.38. The van der Waals surface area contributed by atoms with Crippen LogP contribution in [0, 0.1) is 11.8 Å². The summed E-state index contributed by atoms with van der Waals surface area (Å²) in [7, 11) is 1.70. The summed E-state index contributed by atoms with van der Waals surface area (Å²) < 4.78 is 28.6. The molecule has 3 heterocycles. The first-order chi connectivity index (χ1) is 9.87. The Morgan fingerprint density at radius 2 is 2.00 bits per heavy atom. The van der Waals surface area contributed by atoms with Crippen molar-refractivity contribution in [3.63, 3.8) is 0 Å². The largest absolute Gasteiger partial charge is 0.371 e. The van der Waals surface area contributed by atoms with Crippen LogP contribution in [0.5, 0.6) is 0 Å². The average Bonchev–Trinajstić information content (AvgIpc) is 3.07. The highest BCUT2D eigenvalue weighted by molar-refractivity contribution is 8.13. The van der Waals surface area contributed by atoms with Crippen LogP contribution in [0.25, 0.3) is 0 Å². The lowest BCUT2D eigenvalue weighted by molar-refractivity contribution is 0.0256. The highest BCUT2D eigenvalue weighted by atomic mass is 35.7. The van der Waals surface area contributed by atoms with Gasteiger partial charge >= 0.3 is 0 Å². The minimum Gasteiger partial charge on any atom is -0.371 e. The van der Waals surface area contributed by atoms with Gasteiger partial charge in [-0.15, -0.1) is 0 Å². The van der Waals surface area contributed by atoms with Crippen LogP contribution in [-0.4, -0.2) is 33.2 Å². The molecule has 4 rings (SSSR count). The van der Waals surface area contributed by atoms with Gasteiger partial charge in [0.05, 0.1) is 16.6 Å². The summed E-state index contributed by atoms with van der Waals surface area (Å²) in [4.78, 5) is 2.45. The second kappa shape index (κ2) is 4.24. The van der Waals surface area contributed by atoms with Crippen molar-refractivity contribution >= 4 is 25.4 Å². The van der Waals surface area contributed by atoms with E-state index in [0.717, 1.165) is 18.8 Å². The van der Waals surface area contributed by atoms with Gasteiger partial charge in [0.15, 0.2) is 0 Å². The molecule has 4 nitrogen and oxygen atoms in total. The SMILES string of the molecule is CC12C=CC(O1)[C@H]1CN(c3ccc(S(=O)(=O)Cl)cc3)C[C@H]12. The van der Waals surface area contributed by atoms with Gasteiger partial charge in [0, 0.05) is 41.3 Å². The summed E-state index contributed by atoms with van der Waals surface area (Å²) in [5.74, 6) is 1.03. The molecule has 0 amide bonds. The van der Waals surface area contributed by atoms with Gasteiger partial charge in [-0.25, -0.2) is 8.42 Å². The molecule has 2 fully saturated rings. The zero-order chi connectivity index (χ0) is 14.8. The number of benzene rings is 1. The van der Waals surface area contributed by atoms with Gasteiger partial charge < -0.3 is 9.64 Å². The van der Waals surface area contributed by atoms with Crippen molar-refractivity contribution in [2.45, 2.75) is 23.5 Å². The van der Waals surface area contributed by atoms with Gasteiger partial charge in [-0.05, 0) is 31.2 Å². The molecule has 3 aliphatic heterocycles. The van der Waals surface area contributed by atoms with Gasteiger partial charge in [0.2, 0.25) is 0 Å². The van der Waals surface area contributed by atoms with Gasteiger partial charge in [-0.3, -0.25) is 0 Å². The molecule has 0 radical (unpaired) electrons. The van der Waals surface area contributed by atoms with E-state index < -0.39 is 9.05 Å². The fourth-order valence-electron chi connectivity index (χ4n) is 3.90. The summed E-state index contributed by atoms with van der Waals surface area (Å²) in [5, 5.41) is 0. The zero-order valence-electron chi connectivity index (χ0n) is 11.6. The number of hydrogen-bond acceptors (Lipinski definition) is 4. The van der Waals surface area contributed by atoms with Crippen molar-refractivity contribution < 1.29 is 13.2 Å². The van der Waals surface area contributed by atoms with Gasteiger partial charge in [-0.1, -0.05) is 12.2 Å². The van der Waals surface area contributed by atoms with E-state index in [-0.39, 0.29) is 16.6 Å². The van der Waals surface area contributed by atoms with E-state index in [2.05, 4.69) is 24.0 Å². The quantitative estimate of drug-likeness (QED) is 0.619. The Kier molecular flexibility index (Phi) is 2.75. The van der Waals surface area contributed by atoms with E-state index in [9.17, 15) is 8.42 Å². The highest BCUT2D eigenvalue weighted by Gasteiger charge is 2.57. The number of fused-ring (bicyclic) bond motifs is 5. The molecule has 2 unspecified atom stereocenters. The summed E-state index contributed by atoms with van der Waals surface area (Å²) in [6.07, 6.45) is 4.59. The first kappa shape index (κ1) is 13.6. The Morgan fingerprint density at radius 3 is 2.62 bits per heavy atom. The lowest BCUT2D eigenvalue weighted by Gasteiger charge is -2.26. The van der Waals surface area contributed by atoms with Crippen molar-refractivity contribution in [1.82, 2.24) is 0 Å². The van der Waals surface area contributed by atoms with Crippen LogP contribution in [0.1, 0.15) is 6.92 Å². The molecule has 112 valence electrons. The molecule has 2 bridgehead atoms. The monoisotopic (exact) mass is 325 g/mol. The Balaban J connectivity index is 1.58. The minimum atomic E-state index is -3.65. The maximum absolute atomic E-state index is 11.3. The first-order valence-corrected chi connectivity index (χ1v) is 9.35. The zero-order valence-corrected chi connectivity index (χ0v) is 13.1. The summed E-state index contributed by atoms with van der Waals surface area (Å²) in [6, 6.07) is 6.79. The molecule has 1 aromatic carbocycles. The van der Waals surface area contributed by atoms with Gasteiger partial charge in [0.25, 0.3) is 9.05 Å². The molecule has 0 spiro atoms. The molecule has 0 aromatic heterocycles. The molecule has 1 aromatic rings. The number of hydrogen-bond donors (Lipinski definition) is 0. The van der Waals surface area contributed by atoms with Crippen LogP contribution in [0.2, 0.25) is 0 Å². The number of anilines is 1. The molecule has 0 N–H and O–H groups in total. The van der Waals surface area contributed by atoms with E-state index in [0.29, 0.717) is 11.8 Å². The standard InChI is InChI=1S/C15H16ClNO3S/c1-15-7-6-14(20-15)12-8-17(9-13(12)15)10-2-4-11(5-3-10)21(16,18)19/h2-7,12-14H,8-9H2,1H3/t12-,13+,14?,15?/m0/s1. The molecule has 3 aliphatic rings. The fourth-order valence-corrected chi connectivity index (χ4v) is 4.67. The smallest absolute Gasteiger partial charge is 0.261 e. The topological polar surface area (TPSA) is 46.6 Å². The lowest BCUT2D eigenvalue weighted by atomic mass is 9.79. The number of rotatable bonds is 2. The Labute approximate surface area is 128 Å². The Morgan fingerprint density at radius 1 is 1.29 bits per heavy atom. The Hall–Kier alpha value is -1.04. The summed E-state index contributed by atoms with van der Waals surface area (Å²) in [5.41, 5.74) is 0.903. The van der Waals surface area contributed by atoms with Crippen molar-refractivity contribution in [2.75, 3.05) is 18.0 Å². The van der Waals surface area contributed by atoms with Gasteiger partial charge in [0.1, 0.15) is 0 Å². The molecule has 2 saturated heterocycles. The molecule has 4 atom stereocenters. The Bertz CT molecular complexity index is 715. The second-order valence-electron chi connectivity index (χ2n) is 6.23. The van der Waals surface area contributed by atoms with Crippen LogP contribution < -0.4 is 4.90 Å². The van der Waals surface area contributed by atoms with Crippen LogP contribution in [0.3, 0.4) is 0 Å². The maximum Gasteiger partial charge on any atom is 0.261 e. The molecule has 0 saturated carbocycles. The summed E-state index contributed by atoms with van der Waals surface area (Å²) in [6.45, 7) is 4.04. The molecular formula is C15H16ClNO3S. The predicted molar refractivity (Wildman–Crippen MR) is 81.1 cm³/mol. The molecule has 0 aliphatic carbocycles. The minimum absolute atomic E-state index is 0.135. The van der Waals surface area contributed by atoms with Crippen molar-refractivity contribution in [3.8, 4) is 0 Å². The van der Waals surface area contributed by atoms with Crippen molar-refractivity contribution in [2.24, 2.45) is 11.8 Å². The van der Waals surface area contributed by atoms with Gasteiger partial charge in [-0.2, -0.15) is 0 Å². The van der Waals surface area contributed by atoms with E-state index in [1.54, 1.807) is 12.1 Å². The number of halogens is 1. The van der Waals surface area contributed by atoms with Crippen LogP contribution in [0.4, 0.5) is 5.69 Å². The number of ether oxygens (including phenoxy) is 1. The second-order valence-corrected chi connectivity index (χ2v) is 8.80. The van der Waals surface area contributed by atoms with Crippen LogP contribution >= 0.6 is 10.7 Å². The van der Waals surface area contributed by atoms with Crippen LogP contribution in [0.15, 0.2) is 41.3 Å². The van der Waals surface area contributed by atoms with E-state index in [1.807, 2.05) is 12.1 Å². The molecule has 6 heteroatoms. The normalized spacial score (nSPS) is 37.2. The average molecular weight is 326 g/mol. The van der Waals surface area contributed by atoms with E-state index >= 15 is 0 Å². The third-order valence-electron chi connectivity index (χ3n) is 5.01. The summed E-state index contributed by atoms with van der Waals surface area (Å²) >= 11 is 0. The van der Waals surface area contributed by atoms with Crippen molar-refractivity contribution in [1.29, 1.82) is 0 Å². The van der Waals surface area contributed by atoms with Crippen LogP contribution in [-0.2, 0) is 13.8 Å².